The number of hydrogen-bond acceptors (Lipinski definition) is 9. The minimum atomic E-state index is -4.15. The number of pyridine rings is 1. The number of hydrogen-bond donors (Lipinski definition) is 2. The van der Waals surface area contributed by atoms with Crippen LogP contribution in [0.3, 0.4) is 0 Å². The lowest BCUT2D eigenvalue weighted by Gasteiger charge is -2.12. The van der Waals surface area contributed by atoms with Crippen LogP contribution in [0, 0.1) is 0 Å². The number of oxazole rings is 1. The Bertz CT molecular complexity index is 1630. The van der Waals surface area contributed by atoms with E-state index >= 15 is 0 Å². The van der Waals surface area contributed by atoms with E-state index in [2.05, 4.69) is 25.2 Å². The number of ether oxygens (including phenoxy) is 1. The van der Waals surface area contributed by atoms with Crippen molar-refractivity contribution in [2.45, 2.75) is 4.90 Å². The van der Waals surface area contributed by atoms with Crippen molar-refractivity contribution < 1.29 is 26.9 Å². The SMILES string of the molecule is COc1ncc(NC(=O)c2ncc(-c3ccccc3)o2)cc1S(=O)(=O)Nc1ccc2cnoc2c1. The highest BCUT2D eigenvalue weighted by Gasteiger charge is 2.23. The summed E-state index contributed by atoms with van der Waals surface area (Å²) in [4.78, 5) is 20.4. The van der Waals surface area contributed by atoms with Crippen molar-refractivity contribution in [2.75, 3.05) is 17.1 Å². The van der Waals surface area contributed by atoms with Gasteiger partial charge in [0.05, 0.1) is 37.1 Å². The first-order valence-corrected chi connectivity index (χ1v) is 11.7. The van der Waals surface area contributed by atoms with Crippen LogP contribution in [-0.4, -0.2) is 36.6 Å². The molecule has 2 N–H and O–H groups in total. The fraction of sp³-hybridized carbons (Fsp3) is 0.0435. The summed E-state index contributed by atoms with van der Waals surface area (Å²) in [5.41, 5.74) is 1.52. The Labute approximate surface area is 198 Å². The van der Waals surface area contributed by atoms with E-state index in [0.29, 0.717) is 11.3 Å². The van der Waals surface area contributed by atoms with Crippen LogP contribution in [0.25, 0.3) is 22.3 Å². The van der Waals surface area contributed by atoms with Crippen molar-refractivity contribution in [2.24, 2.45) is 0 Å². The lowest BCUT2D eigenvalue weighted by molar-refractivity contribution is 0.0991. The largest absolute Gasteiger partial charge is 0.480 e. The third-order valence-corrected chi connectivity index (χ3v) is 6.30. The maximum absolute atomic E-state index is 13.1. The molecule has 11 nitrogen and oxygen atoms in total. The van der Waals surface area contributed by atoms with E-state index in [4.69, 9.17) is 13.7 Å². The average molecular weight is 491 g/mol. The monoisotopic (exact) mass is 491 g/mol. The molecule has 5 aromatic rings. The van der Waals surface area contributed by atoms with Gasteiger partial charge in [0.1, 0.15) is 0 Å². The van der Waals surface area contributed by atoms with Gasteiger partial charge in [0.2, 0.25) is 5.88 Å². The molecule has 0 aliphatic heterocycles. The molecule has 0 aliphatic rings. The van der Waals surface area contributed by atoms with Crippen LogP contribution in [0.15, 0.2) is 87.0 Å². The molecular formula is C23H17N5O6S. The number of amides is 1. The van der Waals surface area contributed by atoms with Gasteiger partial charge in [0.15, 0.2) is 16.2 Å². The van der Waals surface area contributed by atoms with E-state index in [9.17, 15) is 13.2 Å². The van der Waals surface area contributed by atoms with E-state index in [1.54, 1.807) is 12.1 Å². The summed E-state index contributed by atoms with van der Waals surface area (Å²) in [7, 11) is -2.86. The average Bonchev–Trinajstić information content (AvgIpc) is 3.54. The number of methoxy groups -OCH3 is 1. The molecule has 0 radical (unpaired) electrons. The van der Waals surface area contributed by atoms with Crippen LogP contribution < -0.4 is 14.8 Å². The summed E-state index contributed by atoms with van der Waals surface area (Å²) in [6.45, 7) is 0. The number of nitrogens with one attached hydrogen (secondary N) is 2. The molecule has 176 valence electrons. The second-order valence-electron chi connectivity index (χ2n) is 7.27. The lowest BCUT2D eigenvalue weighted by atomic mass is 10.2. The number of aromatic nitrogens is 3. The van der Waals surface area contributed by atoms with Crippen molar-refractivity contribution in [3.05, 3.63) is 79.1 Å². The molecule has 0 unspecified atom stereocenters. The molecular weight excluding hydrogens is 474 g/mol. The molecule has 2 aromatic carbocycles. The number of carbonyl (C=O) groups is 1. The highest BCUT2D eigenvalue weighted by atomic mass is 32.2. The zero-order chi connectivity index (χ0) is 24.4. The first-order chi connectivity index (χ1) is 16.9. The molecule has 0 bridgehead atoms. The molecule has 0 aliphatic carbocycles. The number of anilines is 2. The summed E-state index contributed by atoms with van der Waals surface area (Å²) in [6.07, 6.45) is 4.21. The smallest absolute Gasteiger partial charge is 0.311 e. The fourth-order valence-electron chi connectivity index (χ4n) is 3.28. The Morgan fingerprint density at radius 2 is 1.80 bits per heavy atom. The van der Waals surface area contributed by atoms with Gasteiger partial charge in [-0.05, 0) is 18.2 Å². The van der Waals surface area contributed by atoms with E-state index in [-0.39, 0.29) is 28.0 Å². The zero-order valence-electron chi connectivity index (χ0n) is 18.1. The minimum Gasteiger partial charge on any atom is -0.480 e. The number of nitrogens with zero attached hydrogens (tertiary/aromatic N) is 3. The van der Waals surface area contributed by atoms with Crippen LogP contribution in [0.4, 0.5) is 11.4 Å². The first kappa shape index (κ1) is 22.1. The highest BCUT2D eigenvalue weighted by molar-refractivity contribution is 7.92. The minimum absolute atomic E-state index is 0.0984. The molecule has 3 heterocycles. The zero-order valence-corrected chi connectivity index (χ0v) is 18.9. The third kappa shape index (κ3) is 4.54. The predicted molar refractivity (Wildman–Crippen MR) is 125 cm³/mol. The molecule has 5 rings (SSSR count). The van der Waals surface area contributed by atoms with Crippen LogP contribution in [0.2, 0.25) is 0 Å². The van der Waals surface area contributed by atoms with Crippen molar-refractivity contribution in [3.63, 3.8) is 0 Å². The van der Waals surface area contributed by atoms with Gasteiger partial charge in [-0.3, -0.25) is 9.52 Å². The van der Waals surface area contributed by atoms with Gasteiger partial charge in [-0.15, -0.1) is 0 Å². The highest BCUT2D eigenvalue weighted by Crippen LogP contribution is 2.28. The Kier molecular flexibility index (Phi) is 5.63. The van der Waals surface area contributed by atoms with Gasteiger partial charge < -0.3 is 19.0 Å². The van der Waals surface area contributed by atoms with Gasteiger partial charge in [0, 0.05) is 17.0 Å². The maximum atomic E-state index is 13.1. The second-order valence-corrected chi connectivity index (χ2v) is 8.92. The molecule has 0 saturated heterocycles. The van der Waals surface area contributed by atoms with Crippen LogP contribution in [-0.2, 0) is 10.0 Å². The van der Waals surface area contributed by atoms with Crippen molar-refractivity contribution in [1.82, 2.24) is 15.1 Å². The molecule has 0 atom stereocenters. The molecule has 12 heteroatoms. The second kappa shape index (κ2) is 8.91. The Morgan fingerprint density at radius 3 is 2.60 bits per heavy atom. The summed E-state index contributed by atoms with van der Waals surface area (Å²) in [6, 6.07) is 15.1. The Balaban J connectivity index is 1.39. The van der Waals surface area contributed by atoms with Crippen LogP contribution in [0.1, 0.15) is 10.7 Å². The molecule has 0 saturated carbocycles. The maximum Gasteiger partial charge on any atom is 0.311 e. The first-order valence-electron chi connectivity index (χ1n) is 10.2. The third-order valence-electron chi connectivity index (χ3n) is 4.93. The number of sulfonamides is 1. The van der Waals surface area contributed by atoms with E-state index in [0.717, 1.165) is 10.9 Å². The normalized spacial score (nSPS) is 11.3. The molecule has 1 amide bonds. The van der Waals surface area contributed by atoms with Gasteiger partial charge in [-0.25, -0.2) is 18.4 Å². The standard InChI is InChI=1S/C23H17N5O6S/c1-32-22-20(35(30,31)28-16-8-7-15-11-26-34-18(15)9-16)10-17(12-24-22)27-21(29)23-25-13-19(33-23)14-5-3-2-4-6-14/h2-13,28H,1H3,(H,27,29). The molecule has 35 heavy (non-hydrogen) atoms. The molecule has 0 spiro atoms. The predicted octanol–water partition coefficient (Wildman–Crippen LogP) is 3.94. The molecule has 3 aromatic heterocycles. The fourth-order valence-corrected chi connectivity index (χ4v) is 4.47. The quantitative estimate of drug-likeness (QED) is 0.345. The summed E-state index contributed by atoms with van der Waals surface area (Å²) >= 11 is 0. The van der Waals surface area contributed by atoms with Crippen molar-refractivity contribution in [1.29, 1.82) is 0 Å². The number of fused-ring (bicyclic) bond motifs is 1. The number of carbonyl (C=O) groups excluding carboxylic acids is 1. The summed E-state index contributed by atoms with van der Waals surface area (Å²) < 4.78 is 44.4. The molecule has 0 fully saturated rings. The Morgan fingerprint density at radius 1 is 0.971 bits per heavy atom. The number of benzene rings is 2. The van der Waals surface area contributed by atoms with E-state index < -0.39 is 15.9 Å². The van der Waals surface area contributed by atoms with Gasteiger partial charge >= 0.3 is 5.91 Å². The van der Waals surface area contributed by atoms with Crippen LogP contribution in [0.5, 0.6) is 5.88 Å². The number of rotatable bonds is 7. The van der Waals surface area contributed by atoms with Gasteiger partial charge in [0.25, 0.3) is 15.9 Å². The topological polar surface area (TPSA) is 149 Å². The summed E-state index contributed by atoms with van der Waals surface area (Å²) in [5.74, 6) is -0.604. The lowest BCUT2D eigenvalue weighted by Crippen LogP contribution is -2.17. The van der Waals surface area contributed by atoms with E-state index in [1.807, 2.05) is 30.3 Å². The van der Waals surface area contributed by atoms with Crippen molar-refractivity contribution >= 4 is 38.3 Å². The van der Waals surface area contributed by atoms with Gasteiger partial charge in [-0.2, -0.15) is 0 Å². The van der Waals surface area contributed by atoms with E-state index in [1.165, 1.54) is 37.8 Å². The Hall–Kier alpha value is -4.71. The van der Waals surface area contributed by atoms with Crippen molar-refractivity contribution in [3.8, 4) is 17.2 Å². The van der Waals surface area contributed by atoms with Gasteiger partial charge in [-0.1, -0.05) is 35.5 Å². The summed E-state index contributed by atoms with van der Waals surface area (Å²) in [5, 5.41) is 6.94. The van der Waals surface area contributed by atoms with Crippen LogP contribution >= 0.6 is 0 Å².